The smallest absolute Gasteiger partial charge is 0.416 e. The number of alkyl halides is 6. The van der Waals surface area contributed by atoms with Gasteiger partial charge < -0.3 is 14.6 Å². The predicted molar refractivity (Wildman–Crippen MR) is 66.6 cm³/mol. The fraction of sp³-hybridized carbons (Fsp3) is 0.538. The topological polar surface area (TPSA) is 38.7 Å². The van der Waals surface area contributed by atoms with E-state index in [0.29, 0.717) is 18.7 Å². The van der Waals surface area contributed by atoms with E-state index in [2.05, 4.69) is 9.47 Å². The van der Waals surface area contributed by atoms with Gasteiger partial charge in [-0.1, -0.05) is 0 Å². The fourth-order valence-corrected chi connectivity index (χ4v) is 1.27. The summed E-state index contributed by atoms with van der Waals surface area (Å²) in [4.78, 5) is 0. The molecule has 3 nitrogen and oxygen atoms in total. The van der Waals surface area contributed by atoms with Crippen molar-refractivity contribution < 1.29 is 40.9 Å². The number of aliphatic hydroxyl groups excluding tert-OH is 1. The van der Waals surface area contributed by atoms with Crippen molar-refractivity contribution in [1.29, 1.82) is 0 Å². The molecule has 9 heteroatoms. The van der Waals surface area contributed by atoms with Crippen LogP contribution < -0.4 is 4.74 Å². The first-order valence-electron chi connectivity index (χ1n) is 6.08. The summed E-state index contributed by atoms with van der Waals surface area (Å²) in [5.74, 6) is -0.449. The van der Waals surface area contributed by atoms with Crippen LogP contribution in [0.2, 0.25) is 0 Å². The molecular formula is C13H16F6O3. The fourth-order valence-electron chi connectivity index (χ4n) is 1.27. The highest BCUT2D eigenvalue weighted by atomic mass is 19.4. The van der Waals surface area contributed by atoms with E-state index in [4.69, 9.17) is 5.11 Å². The van der Waals surface area contributed by atoms with Crippen LogP contribution >= 0.6 is 0 Å². The van der Waals surface area contributed by atoms with Crippen LogP contribution in [-0.2, 0) is 17.1 Å². The van der Waals surface area contributed by atoms with E-state index in [9.17, 15) is 26.3 Å². The van der Waals surface area contributed by atoms with Crippen LogP contribution in [0.4, 0.5) is 26.3 Å². The van der Waals surface area contributed by atoms with Gasteiger partial charge in [-0.05, 0) is 25.1 Å². The Labute approximate surface area is 123 Å². The minimum absolute atomic E-state index is 0.0153. The normalized spacial score (nSPS) is 11.7. The lowest BCUT2D eigenvalue weighted by atomic mass is 10.1. The van der Waals surface area contributed by atoms with Gasteiger partial charge in [0, 0.05) is 7.11 Å². The molecule has 0 radical (unpaired) electrons. The molecule has 0 aliphatic rings. The van der Waals surface area contributed by atoms with Gasteiger partial charge in [-0.25, -0.2) is 0 Å². The van der Waals surface area contributed by atoms with E-state index < -0.39 is 29.2 Å². The third kappa shape index (κ3) is 7.51. The van der Waals surface area contributed by atoms with Crippen LogP contribution in [0.25, 0.3) is 0 Å². The maximum absolute atomic E-state index is 12.4. The first-order valence-corrected chi connectivity index (χ1v) is 6.08. The molecular weight excluding hydrogens is 318 g/mol. The molecule has 0 saturated carbocycles. The van der Waals surface area contributed by atoms with Crippen molar-refractivity contribution in [3.05, 3.63) is 29.3 Å². The Balaban J connectivity index is 0.000000763. The average molecular weight is 334 g/mol. The van der Waals surface area contributed by atoms with Crippen molar-refractivity contribution in [3.8, 4) is 5.75 Å². The lowest BCUT2D eigenvalue weighted by Gasteiger charge is -2.14. The molecule has 0 unspecified atom stereocenters. The minimum atomic E-state index is -4.84. The molecule has 1 aromatic rings. The summed E-state index contributed by atoms with van der Waals surface area (Å²) < 4.78 is 83.2. The zero-order valence-corrected chi connectivity index (χ0v) is 11.9. The SMILES string of the molecule is CCOc1cc(C(F)(F)F)cc(C(F)(F)F)c1.COCCO. The standard InChI is InChI=1S/C10H8F6O.C3H8O2/c1-2-17-8-4-6(9(11,12)13)3-7(5-8)10(14,15)16;1-5-3-2-4/h3-5H,2H2,1H3;4H,2-3H2,1H3. The Morgan fingerprint density at radius 3 is 1.64 bits per heavy atom. The molecule has 128 valence electrons. The van der Waals surface area contributed by atoms with Gasteiger partial charge in [-0.2, -0.15) is 26.3 Å². The second kappa shape index (κ2) is 8.84. The predicted octanol–water partition coefficient (Wildman–Crippen LogP) is 3.75. The van der Waals surface area contributed by atoms with Crippen molar-refractivity contribution >= 4 is 0 Å². The zero-order valence-electron chi connectivity index (χ0n) is 11.9. The number of halogens is 6. The van der Waals surface area contributed by atoms with Gasteiger partial charge in [0.15, 0.2) is 0 Å². The van der Waals surface area contributed by atoms with E-state index in [1.165, 1.54) is 6.92 Å². The maximum Gasteiger partial charge on any atom is 0.416 e. The molecule has 0 amide bonds. The molecule has 0 saturated heterocycles. The second-order valence-electron chi connectivity index (χ2n) is 3.89. The Bertz CT molecular complexity index is 408. The Morgan fingerprint density at radius 2 is 1.41 bits per heavy atom. The van der Waals surface area contributed by atoms with Gasteiger partial charge in [0.05, 0.1) is 30.9 Å². The van der Waals surface area contributed by atoms with Gasteiger partial charge in [0.25, 0.3) is 0 Å². The molecule has 0 aromatic heterocycles. The van der Waals surface area contributed by atoms with Crippen LogP contribution in [-0.4, -0.2) is 32.0 Å². The van der Waals surface area contributed by atoms with Crippen LogP contribution in [0.5, 0.6) is 5.75 Å². The average Bonchev–Trinajstić information content (AvgIpc) is 2.38. The number of hydrogen-bond donors (Lipinski definition) is 1. The molecule has 1 rings (SSSR count). The zero-order chi connectivity index (χ0) is 17.4. The third-order valence-electron chi connectivity index (χ3n) is 2.17. The summed E-state index contributed by atoms with van der Waals surface area (Å²) in [7, 11) is 1.55. The van der Waals surface area contributed by atoms with Gasteiger partial charge in [0.1, 0.15) is 5.75 Å². The number of rotatable bonds is 4. The quantitative estimate of drug-likeness (QED) is 0.853. The van der Waals surface area contributed by atoms with Crippen LogP contribution in [0.3, 0.4) is 0 Å². The van der Waals surface area contributed by atoms with Gasteiger partial charge in [0.2, 0.25) is 0 Å². The number of hydrogen-bond acceptors (Lipinski definition) is 3. The molecule has 0 atom stereocenters. The molecule has 0 heterocycles. The van der Waals surface area contributed by atoms with Crippen molar-refractivity contribution in [1.82, 2.24) is 0 Å². The number of methoxy groups -OCH3 is 1. The van der Waals surface area contributed by atoms with E-state index in [-0.39, 0.29) is 19.3 Å². The first kappa shape index (κ1) is 20.5. The Morgan fingerprint density at radius 1 is 0.955 bits per heavy atom. The van der Waals surface area contributed by atoms with Crippen molar-refractivity contribution in [2.45, 2.75) is 19.3 Å². The molecule has 1 aromatic carbocycles. The van der Waals surface area contributed by atoms with Gasteiger partial charge in [-0.15, -0.1) is 0 Å². The van der Waals surface area contributed by atoms with Crippen molar-refractivity contribution in [2.24, 2.45) is 0 Å². The van der Waals surface area contributed by atoms with Gasteiger partial charge in [-0.3, -0.25) is 0 Å². The highest BCUT2D eigenvalue weighted by Gasteiger charge is 2.37. The lowest BCUT2D eigenvalue weighted by molar-refractivity contribution is -0.143. The maximum atomic E-state index is 12.4. The third-order valence-corrected chi connectivity index (χ3v) is 2.17. The largest absolute Gasteiger partial charge is 0.494 e. The molecule has 0 bridgehead atoms. The number of benzene rings is 1. The molecule has 0 aliphatic heterocycles. The van der Waals surface area contributed by atoms with Crippen LogP contribution in [0, 0.1) is 0 Å². The summed E-state index contributed by atoms with van der Waals surface area (Å²) in [6, 6.07) is 1.14. The molecule has 0 fully saturated rings. The molecule has 22 heavy (non-hydrogen) atoms. The van der Waals surface area contributed by atoms with E-state index in [1.807, 2.05) is 0 Å². The van der Waals surface area contributed by atoms with E-state index >= 15 is 0 Å². The van der Waals surface area contributed by atoms with E-state index in [1.54, 1.807) is 7.11 Å². The summed E-state index contributed by atoms with van der Waals surface area (Å²) in [6.45, 7) is 2.02. The molecule has 0 spiro atoms. The Hall–Kier alpha value is -1.48. The van der Waals surface area contributed by atoms with Crippen LogP contribution in [0.1, 0.15) is 18.1 Å². The number of ether oxygens (including phenoxy) is 2. The molecule has 1 N–H and O–H groups in total. The second-order valence-corrected chi connectivity index (χ2v) is 3.89. The lowest BCUT2D eigenvalue weighted by Crippen LogP contribution is -2.11. The monoisotopic (exact) mass is 334 g/mol. The highest BCUT2D eigenvalue weighted by molar-refractivity contribution is 5.37. The minimum Gasteiger partial charge on any atom is -0.494 e. The Kier molecular flexibility index (Phi) is 8.25. The van der Waals surface area contributed by atoms with Crippen molar-refractivity contribution in [2.75, 3.05) is 26.9 Å². The summed E-state index contributed by atoms with van der Waals surface area (Å²) >= 11 is 0. The molecule has 0 aliphatic carbocycles. The summed E-state index contributed by atoms with van der Waals surface area (Å²) in [5.41, 5.74) is -2.76. The van der Waals surface area contributed by atoms with E-state index in [0.717, 1.165) is 0 Å². The van der Waals surface area contributed by atoms with Gasteiger partial charge >= 0.3 is 12.4 Å². The summed E-state index contributed by atoms with van der Waals surface area (Å²) in [6.07, 6.45) is -9.68. The number of aliphatic hydroxyl groups is 1. The van der Waals surface area contributed by atoms with Crippen LogP contribution in [0.15, 0.2) is 18.2 Å². The summed E-state index contributed by atoms with van der Waals surface area (Å²) in [5, 5.41) is 7.94. The first-order chi connectivity index (χ1) is 10.1. The highest BCUT2D eigenvalue weighted by Crippen LogP contribution is 2.38. The van der Waals surface area contributed by atoms with Crippen molar-refractivity contribution in [3.63, 3.8) is 0 Å².